The predicted molar refractivity (Wildman–Crippen MR) is 165 cm³/mol. The van der Waals surface area contributed by atoms with Crippen LogP contribution in [-0.4, -0.2) is 101 Å². The SMILES string of the molecule is COC(=O)/C1=C(\CN2CCN3C(=O)N(C(C)(C)C)C[C@@H]3[C@H]2C(=O)OC)CCC/C(c2nccs2)=N\[C@H]1c1ccc(F)cc1Cl. The Morgan fingerprint density at radius 1 is 1.16 bits per heavy atom. The van der Waals surface area contributed by atoms with Gasteiger partial charge in [-0.25, -0.2) is 19.0 Å². The molecule has 0 radical (unpaired) electrons. The number of hydrogen-bond donors (Lipinski definition) is 0. The summed E-state index contributed by atoms with van der Waals surface area (Å²) in [6.45, 7) is 7.34. The summed E-state index contributed by atoms with van der Waals surface area (Å²) in [7, 11) is 2.65. The Kier molecular flexibility index (Phi) is 9.43. The number of halogens is 2. The second-order valence-electron chi connectivity index (χ2n) is 12.1. The van der Waals surface area contributed by atoms with E-state index >= 15 is 0 Å². The molecule has 0 N–H and O–H groups in total. The lowest BCUT2D eigenvalue weighted by Crippen LogP contribution is -2.62. The molecule has 4 heterocycles. The van der Waals surface area contributed by atoms with Crippen molar-refractivity contribution in [1.82, 2.24) is 19.7 Å². The first kappa shape index (κ1) is 32.1. The fraction of sp³-hybridized carbons (Fsp3) is 0.516. The lowest BCUT2D eigenvalue weighted by molar-refractivity contribution is -0.150. The molecule has 0 saturated carbocycles. The number of aliphatic imine (C=N–C) groups is 1. The number of rotatable bonds is 6. The van der Waals surface area contributed by atoms with Gasteiger partial charge in [0.25, 0.3) is 0 Å². The highest BCUT2D eigenvalue weighted by Gasteiger charge is 2.52. The molecule has 236 valence electrons. The molecule has 2 saturated heterocycles. The first-order valence-corrected chi connectivity index (χ1v) is 15.8. The molecule has 44 heavy (non-hydrogen) atoms. The molecule has 2 fully saturated rings. The molecular weight excluding hydrogens is 609 g/mol. The van der Waals surface area contributed by atoms with Crippen LogP contribution in [0.3, 0.4) is 0 Å². The number of esters is 2. The number of carbonyl (C=O) groups is 3. The van der Waals surface area contributed by atoms with E-state index in [1.54, 1.807) is 16.0 Å². The number of urea groups is 1. The molecule has 0 spiro atoms. The Balaban J connectivity index is 1.61. The molecule has 3 aliphatic heterocycles. The Labute approximate surface area is 265 Å². The van der Waals surface area contributed by atoms with Crippen molar-refractivity contribution >= 4 is 46.6 Å². The van der Waals surface area contributed by atoms with E-state index in [0.717, 1.165) is 16.3 Å². The summed E-state index contributed by atoms with van der Waals surface area (Å²) in [5, 5.41) is 2.73. The van der Waals surface area contributed by atoms with Crippen LogP contribution in [0, 0.1) is 5.82 Å². The van der Waals surface area contributed by atoms with Crippen molar-refractivity contribution in [3.8, 4) is 0 Å². The fourth-order valence-corrected chi connectivity index (χ4v) is 7.24. The van der Waals surface area contributed by atoms with Crippen LogP contribution in [0.5, 0.6) is 0 Å². The molecule has 10 nitrogen and oxygen atoms in total. The minimum Gasteiger partial charge on any atom is -0.468 e. The van der Waals surface area contributed by atoms with Gasteiger partial charge in [0.15, 0.2) is 0 Å². The summed E-state index contributed by atoms with van der Waals surface area (Å²) in [5.41, 5.74) is 1.79. The largest absolute Gasteiger partial charge is 0.468 e. The van der Waals surface area contributed by atoms with Crippen molar-refractivity contribution in [2.24, 2.45) is 4.99 Å². The Hall–Kier alpha value is -3.35. The summed E-state index contributed by atoms with van der Waals surface area (Å²) in [4.78, 5) is 55.3. The van der Waals surface area contributed by atoms with Crippen LogP contribution >= 0.6 is 22.9 Å². The maximum absolute atomic E-state index is 14.1. The maximum atomic E-state index is 14.1. The molecular formula is C31H37ClFN5O5S. The van der Waals surface area contributed by atoms with Crippen LogP contribution in [0.25, 0.3) is 0 Å². The van der Waals surface area contributed by atoms with Crippen LogP contribution in [-0.2, 0) is 19.1 Å². The molecule has 0 aliphatic carbocycles. The smallest absolute Gasteiger partial charge is 0.336 e. The highest BCUT2D eigenvalue weighted by Crippen LogP contribution is 2.39. The number of aromatic nitrogens is 1. The quantitative estimate of drug-likeness (QED) is 0.413. The van der Waals surface area contributed by atoms with E-state index in [9.17, 15) is 18.8 Å². The molecule has 5 rings (SSSR count). The number of nitrogens with zero attached hydrogens (tertiary/aromatic N) is 5. The van der Waals surface area contributed by atoms with Crippen LogP contribution in [0.2, 0.25) is 5.02 Å². The van der Waals surface area contributed by atoms with Gasteiger partial charge < -0.3 is 19.3 Å². The minimum atomic E-state index is -0.896. The second-order valence-corrected chi connectivity index (χ2v) is 13.4. The number of benzene rings is 1. The first-order valence-electron chi connectivity index (χ1n) is 14.6. The van der Waals surface area contributed by atoms with Gasteiger partial charge in [-0.15, -0.1) is 11.3 Å². The lowest BCUT2D eigenvalue weighted by atomic mass is 9.89. The molecule has 13 heteroatoms. The average molecular weight is 646 g/mol. The van der Waals surface area contributed by atoms with Crippen molar-refractivity contribution in [1.29, 1.82) is 0 Å². The molecule has 3 aliphatic rings. The van der Waals surface area contributed by atoms with Gasteiger partial charge in [0.1, 0.15) is 22.9 Å². The number of carbonyl (C=O) groups excluding carboxylic acids is 3. The summed E-state index contributed by atoms with van der Waals surface area (Å²) in [6, 6.07) is 1.86. The van der Waals surface area contributed by atoms with Crippen LogP contribution < -0.4 is 0 Å². The third-order valence-electron chi connectivity index (χ3n) is 8.45. The van der Waals surface area contributed by atoms with Crippen LogP contribution in [0.1, 0.15) is 56.6 Å². The van der Waals surface area contributed by atoms with Crippen molar-refractivity contribution in [3.05, 3.63) is 62.3 Å². The van der Waals surface area contributed by atoms with Crippen molar-refractivity contribution < 1.29 is 28.2 Å². The summed E-state index contributed by atoms with van der Waals surface area (Å²) in [5.74, 6) is -1.54. The normalized spacial score (nSPS) is 26.0. The van der Waals surface area contributed by atoms with E-state index < -0.39 is 41.4 Å². The van der Waals surface area contributed by atoms with E-state index in [1.807, 2.05) is 31.1 Å². The third-order valence-corrected chi connectivity index (χ3v) is 9.60. The van der Waals surface area contributed by atoms with Crippen molar-refractivity contribution in [3.63, 3.8) is 0 Å². The molecule has 2 aromatic rings. The molecule has 1 aromatic carbocycles. The second kappa shape index (κ2) is 12.9. The highest BCUT2D eigenvalue weighted by atomic mass is 35.5. The van der Waals surface area contributed by atoms with Gasteiger partial charge in [-0.3, -0.25) is 14.7 Å². The zero-order valence-corrected chi connectivity index (χ0v) is 27.1. The Morgan fingerprint density at radius 3 is 2.57 bits per heavy atom. The fourth-order valence-electron chi connectivity index (χ4n) is 6.31. The number of piperazine rings is 1. The zero-order valence-electron chi connectivity index (χ0n) is 25.5. The van der Waals surface area contributed by atoms with Gasteiger partial charge in [0.2, 0.25) is 0 Å². The number of methoxy groups -OCH3 is 2. The molecule has 0 unspecified atom stereocenters. The van der Waals surface area contributed by atoms with E-state index in [2.05, 4.69) is 4.98 Å². The number of amides is 2. The Morgan fingerprint density at radius 2 is 1.93 bits per heavy atom. The number of hydrogen-bond acceptors (Lipinski definition) is 9. The third kappa shape index (κ3) is 6.25. The van der Waals surface area contributed by atoms with Gasteiger partial charge >= 0.3 is 18.0 Å². The van der Waals surface area contributed by atoms with E-state index in [4.69, 9.17) is 26.1 Å². The number of fused-ring (bicyclic) bond motifs is 1. The minimum absolute atomic E-state index is 0.105. The topological polar surface area (TPSA) is 105 Å². The average Bonchev–Trinajstić information content (AvgIpc) is 3.62. The van der Waals surface area contributed by atoms with Crippen molar-refractivity contribution in [2.75, 3.05) is 40.4 Å². The van der Waals surface area contributed by atoms with E-state index in [1.165, 1.54) is 43.8 Å². The van der Waals surface area contributed by atoms with Crippen LogP contribution in [0.4, 0.5) is 9.18 Å². The number of ether oxygens (including phenoxy) is 2. The summed E-state index contributed by atoms with van der Waals surface area (Å²) < 4.78 is 24.7. The van der Waals surface area contributed by atoms with Crippen LogP contribution in [0.15, 0.2) is 45.9 Å². The summed E-state index contributed by atoms with van der Waals surface area (Å²) in [6.07, 6.45) is 3.47. The standard InChI is InChI=1S/C31H37ClFN5O5S/c1-31(2,3)38-17-23-26(29(40)43-5)36(12-13-37(23)30(38)41)16-18-7-6-8-22(27-34-11-14-44-27)35-25(24(18)28(39)42-4)20-10-9-19(33)15-21(20)32/h9-11,14-15,23,25-26H,6-8,12-13,16-17H2,1-5H3/b24-18-,35-22+/t23-,25+,26+/m1/s1. The molecule has 0 bridgehead atoms. The van der Waals surface area contributed by atoms with Gasteiger partial charge in [-0.2, -0.15) is 0 Å². The van der Waals surface area contributed by atoms with Gasteiger partial charge in [-0.05, 0) is 57.7 Å². The zero-order chi connectivity index (χ0) is 31.8. The lowest BCUT2D eigenvalue weighted by Gasteiger charge is -2.42. The molecule has 3 atom stereocenters. The van der Waals surface area contributed by atoms with Gasteiger partial charge in [0.05, 0.1) is 31.5 Å². The summed E-state index contributed by atoms with van der Waals surface area (Å²) >= 11 is 8.03. The number of thiazole rings is 1. The molecule has 1 aromatic heterocycles. The van der Waals surface area contributed by atoms with Gasteiger partial charge in [0, 0.05) is 53.9 Å². The maximum Gasteiger partial charge on any atom is 0.336 e. The van der Waals surface area contributed by atoms with E-state index in [0.29, 0.717) is 50.0 Å². The molecule has 2 amide bonds. The predicted octanol–water partition coefficient (Wildman–Crippen LogP) is 4.88. The van der Waals surface area contributed by atoms with E-state index in [-0.39, 0.29) is 17.6 Å². The monoisotopic (exact) mass is 645 g/mol. The van der Waals surface area contributed by atoms with Crippen molar-refractivity contribution in [2.45, 2.75) is 63.7 Å². The first-order chi connectivity index (χ1) is 20.9. The Bertz CT molecular complexity index is 1490. The highest BCUT2D eigenvalue weighted by molar-refractivity contribution is 7.11. The van der Waals surface area contributed by atoms with Gasteiger partial charge in [-0.1, -0.05) is 17.7 Å².